The van der Waals surface area contributed by atoms with Crippen LogP contribution in [0.5, 0.6) is 5.75 Å². The molecular formula is C25H21NO7S. The number of hydrogen-bond donors (Lipinski definition) is 1. The third-order valence-electron chi connectivity index (χ3n) is 5.75. The summed E-state index contributed by atoms with van der Waals surface area (Å²) in [5.41, 5.74) is 0.808. The Kier molecular flexibility index (Phi) is 5.28. The summed E-state index contributed by atoms with van der Waals surface area (Å²) in [4.78, 5) is 25.5. The first kappa shape index (κ1) is 22.0. The van der Waals surface area contributed by atoms with Crippen LogP contribution in [0.15, 0.2) is 67.6 Å². The highest BCUT2D eigenvalue weighted by Gasteiger charge is 2.26. The van der Waals surface area contributed by atoms with Gasteiger partial charge in [0.2, 0.25) is 5.91 Å². The first-order valence-corrected chi connectivity index (χ1v) is 12.3. The lowest BCUT2D eigenvalue weighted by molar-refractivity contribution is -0.120. The Hall–Kier alpha value is -3.85. The van der Waals surface area contributed by atoms with Crippen LogP contribution >= 0.6 is 0 Å². The molecule has 2 aromatic carbocycles. The molecule has 5 rings (SSSR count). The van der Waals surface area contributed by atoms with E-state index in [2.05, 4.69) is 5.32 Å². The Morgan fingerprint density at radius 3 is 2.62 bits per heavy atom. The van der Waals surface area contributed by atoms with Crippen molar-refractivity contribution in [1.29, 1.82) is 0 Å². The fourth-order valence-electron chi connectivity index (χ4n) is 4.20. The summed E-state index contributed by atoms with van der Waals surface area (Å²) in [5, 5.41) is 5.88. The van der Waals surface area contributed by atoms with Crippen LogP contribution in [0.25, 0.3) is 33.1 Å². The van der Waals surface area contributed by atoms with Crippen LogP contribution in [0.2, 0.25) is 0 Å². The van der Waals surface area contributed by atoms with Crippen molar-refractivity contribution in [3.8, 4) is 17.1 Å². The first-order chi connectivity index (χ1) is 16.2. The zero-order valence-electron chi connectivity index (χ0n) is 18.5. The van der Waals surface area contributed by atoms with Crippen molar-refractivity contribution in [3.05, 3.63) is 75.7 Å². The Balaban J connectivity index is 1.58. The molecule has 2 aromatic heterocycles. The molecular weight excluding hydrogens is 458 g/mol. The average Bonchev–Trinajstić information content (AvgIpc) is 3.31. The number of rotatable bonds is 5. The fourth-order valence-corrected chi connectivity index (χ4v) is 5.43. The molecule has 1 aliphatic heterocycles. The first-order valence-electron chi connectivity index (χ1n) is 10.6. The van der Waals surface area contributed by atoms with Crippen LogP contribution in [-0.4, -0.2) is 33.2 Å². The molecule has 1 unspecified atom stereocenters. The normalized spacial score (nSPS) is 16.8. The minimum atomic E-state index is -3.31. The van der Waals surface area contributed by atoms with Crippen molar-refractivity contribution in [2.24, 2.45) is 0 Å². The predicted molar refractivity (Wildman–Crippen MR) is 128 cm³/mol. The molecule has 0 saturated heterocycles. The van der Waals surface area contributed by atoms with Crippen LogP contribution in [-0.2, 0) is 21.1 Å². The van der Waals surface area contributed by atoms with Crippen molar-refractivity contribution in [2.45, 2.75) is 19.4 Å². The number of furan rings is 1. The Morgan fingerprint density at radius 1 is 1.12 bits per heavy atom. The summed E-state index contributed by atoms with van der Waals surface area (Å²) in [7, 11) is -1.71. The van der Waals surface area contributed by atoms with Gasteiger partial charge in [-0.25, -0.2) is 13.2 Å². The molecule has 0 bridgehead atoms. The summed E-state index contributed by atoms with van der Waals surface area (Å²) < 4.78 is 39.9. The van der Waals surface area contributed by atoms with Crippen LogP contribution < -0.4 is 15.7 Å². The second-order valence-electron chi connectivity index (χ2n) is 8.23. The summed E-state index contributed by atoms with van der Waals surface area (Å²) in [6.07, 6.45) is 1.26. The number of sulfone groups is 1. The maximum Gasteiger partial charge on any atom is 0.347 e. The lowest BCUT2D eigenvalue weighted by atomic mass is 10.0. The number of nitrogens with one attached hydrogen (secondary N) is 1. The van der Waals surface area contributed by atoms with E-state index in [0.29, 0.717) is 28.2 Å². The largest absolute Gasteiger partial charge is 0.497 e. The predicted octanol–water partition coefficient (Wildman–Crippen LogP) is 3.49. The van der Waals surface area contributed by atoms with Crippen molar-refractivity contribution in [3.63, 3.8) is 0 Å². The molecule has 1 N–H and O–H groups in total. The molecule has 0 fully saturated rings. The van der Waals surface area contributed by atoms with Crippen molar-refractivity contribution in [2.75, 3.05) is 12.9 Å². The van der Waals surface area contributed by atoms with Crippen LogP contribution in [0, 0.1) is 6.92 Å². The van der Waals surface area contributed by atoms with Gasteiger partial charge in [0.1, 0.15) is 28.2 Å². The molecule has 3 heterocycles. The molecule has 8 nitrogen and oxygen atoms in total. The smallest absolute Gasteiger partial charge is 0.347 e. The van der Waals surface area contributed by atoms with Gasteiger partial charge in [0.15, 0.2) is 9.84 Å². The van der Waals surface area contributed by atoms with E-state index < -0.39 is 27.4 Å². The maximum atomic E-state index is 12.8. The molecule has 174 valence electrons. The lowest BCUT2D eigenvalue weighted by Crippen LogP contribution is -2.36. The van der Waals surface area contributed by atoms with Crippen LogP contribution in [0.4, 0.5) is 0 Å². The topological polar surface area (TPSA) is 116 Å². The van der Waals surface area contributed by atoms with Gasteiger partial charge in [-0.3, -0.25) is 4.79 Å². The number of carbonyl (C=O) groups is 1. The molecule has 1 atom stereocenters. The number of aryl methyl sites for hydroxylation is 1. The molecule has 1 aliphatic rings. The zero-order chi connectivity index (χ0) is 24.0. The van der Waals surface area contributed by atoms with E-state index >= 15 is 0 Å². The monoisotopic (exact) mass is 479 g/mol. The standard InChI is InChI=1S/C25H21NO7S/c1-14-9-21-23(25(28)32-14)20(12-22(27)26-18-7-8-34(29,30)13-18)24(33-21)17-4-3-16-11-19(31-2)6-5-15(16)10-17/h3-11,18H,12-13H2,1-2H3,(H,26,27). The Labute approximate surface area is 194 Å². The van der Waals surface area contributed by atoms with Gasteiger partial charge in [0.05, 0.1) is 25.3 Å². The van der Waals surface area contributed by atoms with E-state index in [4.69, 9.17) is 13.6 Å². The highest BCUT2D eigenvalue weighted by molar-refractivity contribution is 7.94. The van der Waals surface area contributed by atoms with Gasteiger partial charge in [-0.15, -0.1) is 0 Å². The number of carbonyl (C=O) groups excluding carboxylic acids is 1. The van der Waals surface area contributed by atoms with E-state index in [0.717, 1.165) is 21.9 Å². The molecule has 0 aliphatic carbocycles. The second-order valence-corrected chi connectivity index (χ2v) is 10.2. The SMILES string of the molecule is COc1ccc2cc(-c3oc4cc(C)oc(=O)c4c3CC(=O)NC3C=CS(=O)(=O)C3)ccc2c1. The number of ether oxygens (including phenoxy) is 1. The number of hydrogen-bond acceptors (Lipinski definition) is 7. The number of fused-ring (bicyclic) bond motifs is 2. The zero-order valence-corrected chi connectivity index (χ0v) is 19.3. The van der Waals surface area contributed by atoms with Crippen molar-refractivity contribution in [1.82, 2.24) is 5.32 Å². The van der Waals surface area contributed by atoms with Gasteiger partial charge in [0.25, 0.3) is 0 Å². The van der Waals surface area contributed by atoms with Gasteiger partial charge in [-0.05, 0) is 42.0 Å². The van der Waals surface area contributed by atoms with E-state index in [1.165, 1.54) is 6.08 Å². The molecule has 0 spiro atoms. The van der Waals surface area contributed by atoms with Gasteiger partial charge in [0, 0.05) is 22.6 Å². The molecule has 4 aromatic rings. The Bertz CT molecular complexity index is 1640. The molecule has 1 amide bonds. The molecule has 0 radical (unpaired) electrons. The number of methoxy groups -OCH3 is 1. The Morgan fingerprint density at radius 2 is 1.88 bits per heavy atom. The maximum absolute atomic E-state index is 12.8. The third kappa shape index (κ3) is 4.10. The summed E-state index contributed by atoms with van der Waals surface area (Å²) >= 11 is 0. The minimum absolute atomic E-state index is 0.179. The van der Waals surface area contributed by atoms with E-state index in [-0.39, 0.29) is 17.6 Å². The van der Waals surface area contributed by atoms with Gasteiger partial charge < -0.3 is 18.9 Å². The number of benzene rings is 2. The second kappa shape index (κ2) is 8.18. The average molecular weight is 480 g/mol. The fraction of sp³-hybridized carbons (Fsp3) is 0.200. The van der Waals surface area contributed by atoms with Crippen LogP contribution in [0.3, 0.4) is 0 Å². The van der Waals surface area contributed by atoms with E-state index in [1.54, 1.807) is 20.1 Å². The highest BCUT2D eigenvalue weighted by Crippen LogP contribution is 2.35. The molecule has 9 heteroatoms. The van der Waals surface area contributed by atoms with Gasteiger partial charge >= 0.3 is 5.63 Å². The van der Waals surface area contributed by atoms with E-state index in [9.17, 15) is 18.0 Å². The summed E-state index contributed by atoms with van der Waals surface area (Å²) in [6, 6.07) is 12.3. The summed E-state index contributed by atoms with van der Waals surface area (Å²) in [5.74, 6) is 0.891. The quantitative estimate of drug-likeness (QED) is 0.466. The van der Waals surface area contributed by atoms with Gasteiger partial charge in [-0.2, -0.15) is 0 Å². The van der Waals surface area contributed by atoms with Gasteiger partial charge in [-0.1, -0.05) is 18.2 Å². The number of amides is 1. The van der Waals surface area contributed by atoms with Crippen molar-refractivity contribution < 1.29 is 26.8 Å². The molecule has 34 heavy (non-hydrogen) atoms. The van der Waals surface area contributed by atoms with E-state index in [1.807, 2.05) is 36.4 Å². The van der Waals surface area contributed by atoms with Crippen LogP contribution in [0.1, 0.15) is 11.3 Å². The summed E-state index contributed by atoms with van der Waals surface area (Å²) in [6.45, 7) is 1.64. The lowest BCUT2D eigenvalue weighted by Gasteiger charge is -2.10. The molecule has 0 saturated carbocycles. The highest BCUT2D eigenvalue weighted by atomic mass is 32.2. The minimum Gasteiger partial charge on any atom is -0.497 e. The van der Waals surface area contributed by atoms with Crippen molar-refractivity contribution >= 4 is 37.5 Å². The third-order valence-corrected chi connectivity index (χ3v) is 7.15.